The van der Waals surface area contributed by atoms with Crippen molar-refractivity contribution in [2.24, 2.45) is 0 Å². The Balaban J connectivity index is 1.09. The average Bonchev–Trinajstić information content (AvgIpc) is 3.78. The highest BCUT2D eigenvalue weighted by atomic mass is 15.0. The van der Waals surface area contributed by atoms with Gasteiger partial charge in [-0.3, -0.25) is 9.97 Å². The minimum atomic E-state index is 0.983. The van der Waals surface area contributed by atoms with Crippen LogP contribution in [0.2, 0.25) is 0 Å². The van der Waals surface area contributed by atoms with Gasteiger partial charge in [0, 0.05) is 34.2 Å². The summed E-state index contributed by atoms with van der Waals surface area (Å²) in [5.74, 6) is 0. The predicted molar refractivity (Wildman–Crippen MR) is 230 cm³/mol. The van der Waals surface area contributed by atoms with Gasteiger partial charge in [-0.1, -0.05) is 133 Å². The highest BCUT2D eigenvalue weighted by Gasteiger charge is 2.31. The molecule has 3 heterocycles. The van der Waals surface area contributed by atoms with Crippen molar-refractivity contribution in [1.29, 1.82) is 0 Å². The van der Waals surface area contributed by atoms with Gasteiger partial charge in [0.2, 0.25) is 0 Å². The van der Waals surface area contributed by atoms with Crippen LogP contribution in [0.4, 0.5) is 0 Å². The first kappa shape index (κ1) is 30.1. The van der Waals surface area contributed by atoms with Gasteiger partial charge >= 0.3 is 0 Å². The third kappa shape index (κ3) is 4.26. The molecule has 11 aromatic rings. The van der Waals surface area contributed by atoms with Gasteiger partial charge in [-0.15, -0.1) is 0 Å². The summed E-state index contributed by atoms with van der Waals surface area (Å²) in [6.45, 7) is 0. The molecule has 0 atom stereocenters. The van der Waals surface area contributed by atoms with Crippen molar-refractivity contribution >= 4 is 54.3 Å². The van der Waals surface area contributed by atoms with Crippen LogP contribution in [-0.4, -0.2) is 14.5 Å². The Hall–Kier alpha value is -7.36. The average molecular weight is 698 g/mol. The molecule has 55 heavy (non-hydrogen) atoms. The van der Waals surface area contributed by atoms with Crippen LogP contribution >= 0.6 is 0 Å². The van der Waals surface area contributed by atoms with Crippen molar-refractivity contribution in [3.63, 3.8) is 0 Å². The Labute approximate surface area is 317 Å². The Morgan fingerprint density at radius 2 is 1.00 bits per heavy atom. The SMILES string of the molecule is c1ccc(-c2c3c(c(-c4ccccc4)c4ccccc24)-c2ccc(-c4ccc(-n5c6cnccc6c6ccc7ncccc7c65)cc4)c4cccc-3c24)cc1. The number of fused-ring (bicyclic) bond motifs is 9. The molecule has 0 fully saturated rings. The van der Waals surface area contributed by atoms with E-state index >= 15 is 0 Å². The largest absolute Gasteiger partial charge is 0.307 e. The highest BCUT2D eigenvalue weighted by Crippen LogP contribution is 2.58. The lowest BCUT2D eigenvalue weighted by Crippen LogP contribution is -1.95. The zero-order chi connectivity index (χ0) is 36.0. The van der Waals surface area contributed by atoms with Gasteiger partial charge in [-0.2, -0.15) is 0 Å². The maximum absolute atomic E-state index is 4.69. The van der Waals surface area contributed by atoms with E-state index in [1.165, 1.54) is 88.0 Å². The monoisotopic (exact) mass is 697 g/mol. The van der Waals surface area contributed by atoms with Crippen LogP contribution in [0.1, 0.15) is 0 Å². The highest BCUT2D eigenvalue weighted by molar-refractivity contribution is 6.29. The fourth-order valence-corrected chi connectivity index (χ4v) is 9.43. The zero-order valence-corrected chi connectivity index (χ0v) is 29.7. The third-order valence-corrected chi connectivity index (χ3v) is 11.7. The van der Waals surface area contributed by atoms with Crippen LogP contribution < -0.4 is 0 Å². The molecule has 0 N–H and O–H groups in total. The molecule has 0 saturated carbocycles. The lowest BCUT2D eigenvalue weighted by Gasteiger charge is -2.20. The van der Waals surface area contributed by atoms with E-state index in [1.54, 1.807) is 0 Å². The molecule has 3 heteroatoms. The van der Waals surface area contributed by atoms with Gasteiger partial charge in [-0.05, 0) is 114 Å². The first-order chi connectivity index (χ1) is 27.3. The third-order valence-electron chi connectivity index (χ3n) is 11.7. The van der Waals surface area contributed by atoms with Gasteiger partial charge in [0.1, 0.15) is 0 Å². The van der Waals surface area contributed by atoms with E-state index in [4.69, 9.17) is 0 Å². The minimum Gasteiger partial charge on any atom is -0.307 e. The lowest BCUT2D eigenvalue weighted by molar-refractivity contribution is 1.17. The Morgan fingerprint density at radius 1 is 0.364 bits per heavy atom. The quantitative estimate of drug-likeness (QED) is 0.183. The van der Waals surface area contributed by atoms with Gasteiger partial charge in [-0.25, -0.2) is 0 Å². The Bertz CT molecular complexity index is 3250. The van der Waals surface area contributed by atoms with Gasteiger partial charge < -0.3 is 4.57 Å². The molecule has 0 saturated heterocycles. The molecule has 0 bridgehead atoms. The van der Waals surface area contributed by atoms with Crippen LogP contribution in [0.25, 0.3) is 116 Å². The Morgan fingerprint density at radius 3 is 1.73 bits per heavy atom. The molecule has 3 aromatic heterocycles. The molecule has 0 radical (unpaired) electrons. The standard InChI is InChI=1S/C52H31N3/c1-3-11-33(12-4-1)47-39-15-7-8-16-40(39)48(34-13-5-2-6-14-34)51-44-25-24-36(38-17-9-18-43(49(38)44)50(47)51)32-20-22-35(23-21-32)55-46-31-53-30-28-37(46)41-26-27-45-42(52(41)55)19-10-29-54-45/h1-31H. The molecular weight excluding hydrogens is 667 g/mol. The molecule has 0 aliphatic heterocycles. The minimum absolute atomic E-state index is 0.983. The fourth-order valence-electron chi connectivity index (χ4n) is 9.43. The summed E-state index contributed by atoms with van der Waals surface area (Å²) in [4.78, 5) is 9.23. The van der Waals surface area contributed by atoms with Gasteiger partial charge in [0.25, 0.3) is 0 Å². The van der Waals surface area contributed by atoms with E-state index in [1.807, 2.05) is 24.7 Å². The number of aromatic nitrogens is 3. The van der Waals surface area contributed by atoms with Crippen molar-refractivity contribution in [2.75, 3.05) is 0 Å². The van der Waals surface area contributed by atoms with Crippen molar-refractivity contribution in [1.82, 2.24) is 14.5 Å². The van der Waals surface area contributed by atoms with Crippen LogP contribution in [0, 0.1) is 0 Å². The fraction of sp³-hybridized carbons (Fsp3) is 0. The maximum Gasteiger partial charge on any atom is 0.0724 e. The topological polar surface area (TPSA) is 30.7 Å². The molecule has 0 unspecified atom stereocenters. The molecular formula is C52H31N3. The second kappa shape index (κ2) is 11.6. The maximum atomic E-state index is 4.69. The number of pyridine rings is 2. The van der Waals surface area contributed by atoms with E-state index < -0.39 is 0 Å². The summed E-state index contributed by atoms with van der Waals surface area (Å²) >= 11 is 0. The number of nitrogens with zero attached hydrogens (tertiary/aromatic N) is 3. The van der Waals surface area contributed by atoms with Gasteiger partial charge in [0.15, 0.2) is 0 Å². The van der Waals surface area contributed by atoms with Crippen LogP contribution in [0.3, 0.4) is 0 Å². The number of hydrogen-bond acceptors (Lipinski definition) is 2. The molecule has 1 aliphatic rings. The molecule has 0 amide bonds. The summed E-state index contributed by atoms with van der Waals surface area (Å²) in [7, 11) is 0. The Kier molecular flexibility index (Phi) is 6.34. The van der Waals surface area contributed by atoms with Crippen LogP contribution in [0.5, 0.6) is 0 Å². The summed E-state index contributed by atoms with van der Waals surface area (Å²) in [5, 5.41) is 8.64. The predicted octanol–water partition coefficient (Wildman–Crippen LogP) is 13.7. The lowest BCUT2D eigenvalue weighted by atomic mass is 9.82. The van der Waals surface area contributed by atoms with Crippen molar-refractivity contribution in [3.05, 3.63) is 188 Å². The molecule has 3 nitrogen and oxygen atoms in total. The summed E-state index contributed by atoms with van der Waals surface area (Å²) < 4.78 is 2.34. The first-order valence-electron chi connectivity index (χ1n) is 18.8. The summed E-state index contributed by atoms with van der Waals surface area (Å²) in [6.07, 6.45) is 5.72. The van der Waals surface area contributed by atoms with E-state index in [-0.39, 0.29) is 0 Å². The summed E-state index contributed by atoms with van der Waals surface area (Å²) in [5.41, 5.74) is 17.0. The van der Waals surface area contributed by atoms with E-state index in [2.05, 4.69) is 178 Å². The van der Waals surface area contributed by atoms with E-state index in [0.29, 0.717) is 0 Å². The molecule has 12 rings (SSSR count). The second-order valence-electron chi connectivity index (χ2n) is 14.5. The molecule has 8 aromatic carbocycles. The number of benzene rings is 8. The first-order valence-corrected chi connectivity index (χ1v) is 18.8. The van der Waals surface area contributed by atoms with Crippen molar-refractivity contribution < 1.29 is 0 Å². The number of rotatable bonds is 4. The smallest absolute Gasteiger partial charge is 0.0724 e. The molecule has 254 valence electrons. The summed E-state index contributed by atoms with van der Waals surface area (Å²) in [6, 6.07) is 62.1. The van der Waals surface area contributed by atoms with Gasteiger partial charge in [0.05, 0.1) is 22.7 Å². The number of hydrogen-bond donors (Lipinski definition) is 0. The van der Waals surface area contributed by atoms with Crippen molar-refractivity contribution in [3.8, 4) is 61.3 Å². The normalized spacial score (nSPS) is 12.0. The zero-order valence-electron chi connectivity index (χ0n) is 29.7. The second-order valence-corrected chi connectivity index (χ2v) is 14.5. The van der Waals surface area contributed by atoms with Crippen molar-refractivity contribution in [2.45, 2.75) is 0 Å². The van der Waals surface area contributed by atoms with E-state index in [9.17, 15) is 0 Å². The van der Waals surface area contributed by atoms with E-state index in [0.717, 1.165) is 27.6 Å². The van der Waals surface area contributed by atoms with Crippen LogP contribution in [-0.2, 0) is 0 Å². The molecule has 0 spiro atoms. The van der Waals surface area contributed by atoms with Crippen LogP contribution in [0.15, 0.2) is 188 Å². The molecule has 1 aliphatic carbocycles.